The maximum Gasteiger partial charge on any atom is 0.244 e. The third-order valence-electron chi connectivity index (χ3n) is 2.21. The summed E-state index contributed by atoms with van der Waals surface area (Å²) in [6.45, 7) is 1.86. The second kappa shape index (κ2) is 5.55. The molecule has 2 rings (SSSR count). The van der Waals surface area contributed by atoms with Gasteiger partial charge in [-0.2, -0.15) is 0 Å². The highest BCUT2D eigenvalue weighted by atomic mass is 35.5. The number of carbonyl (C=O) groups excluding carboxylic acids is 1. The van der Waals surface area contributed by atoms with Gasteiger partial charge < -0.3 is 15.2 Å². The molecule has 1 aromatic carbocycles. The van der Waals surface area contributed by atoms with E-state index in [0.29, 0.717) is 22.3 Å². The molecule has 5 nitrogen and oxygen atoms in total. The SMILES string of the molecule is Cc1cc(NC(=O)CNc2ccccc2Cl)no1. The van der Waals surface area contributed by atoms with Gasteiger partial charge in [-0.3, -0.25) is 4.79 Å². The summed E-state index contributed by atoms with van der Waals surface area (Å²) in [7, 11) is 0. The number of hydrogen-bond acceptors (Lipinski definition) is 4. The quantitative estimate of drug-likeness (QED) is 0.892. The van der Waals surface area contributed by atoms with Crippen molar-refractivity contribution in [1.29, 1.82) is 0 Å². The van der Waals surface area contributed by atoms with Gasteiger partial charge in [-0.15, -0.1) is 0 Å². The number of anilines is 2. The van der Waals surface area contributed by atoms with Crippen LogP contribution in [-0.2, 0) is 4.79 Å². The first-order valence-electron chi connectivity index (χ1n) is 5.37. The summed E-state index contributed by atoms with van der Waals surface area (Å²) in [5.41, 5.74) is 0.714. The Labute approximate surface area is 109 Å². The predicted octanol–water partition coefficient (Wildman–Crippen LogP) is 2.69. The highest BCUT2D eigenvalue weighted by molar-refractivity contribution is 6.33. The van der Waals surface area contributed by atoms with Crippen LogP contribution in [0.1, 0.15) is 5.76 Å². The molecular formula is C12H12ClN3O2. The number of hydrogen-bond donors (Lipinski definition) is 2. The van der Waals surface area contributed by atoms with Gasteiger partial charge in [-0.1, -0.05) is 28.9 Å². The van der Waals surface area contributed by atoms with Crippen molar-refractivity contribution in [2.45, 2.75) is 6.92 Å². The Balaban J connectivity index is 1.87. The molecule has 2 aromatic rings. The molecule has 0 bridgehead atoms. The van der Waals surface area contributed by atoms with Crippen LogP contribution in [0.25, 0.3) is 0 Å². The first-order chi connectivity index (χ1) is 8.65. The van der Waals surface area contributed by atoms with E-state index in [0.717, 1.165) is 0 Å². The van der Waals surface area contributed by atoms with Gasteiger partial charge in [0.15, 0.2) is 5.82 Å². The fraction of sp³-hybridized carbons (Fsp3) is 0.167. The molecule has 0 aliphatic carbocycles. The summed E-state index contributed by atoms with van der Waals surface area (Å²) in [5.74, 6) is 0.825. The normalized spacial score (nSPS) is 10.1. The average molecular weight is 266 g/mol. The zero-order valence-electron chi connectivity index (χ0n) is 9.74. The minimum atomic E-state index is -0.219. The van der Waals surface area contributed by atoms with E-state index in [1.54, 1.807) is 25.1 Å². The molecule has 2 N–H and O–H groups in total. The Bertz CT molecular complexity index is 554. The zero-order valence-corrected chi connectivity index (χ0v) is 10.5. The van der Waals surface area contributed by atoms with Crippen molar-refractivity contribution in [3.05, 3.63) is 41.1 Å². The van der Waals surface area contributed by atoms with E-state index in [-0.39, 0.29) is 12.5 Å². The van der Waals surface area contributed by atoms with Gasteiger partial charge in [0.1, 0.15) is 5.76 Å². The standard InChI is InChI=1S/C12H12ClN3O2/c1-8-6-11(16-18-8)15-12(17)7-14-10-5-3-2-4-9(10)13/h2-6,14H,7H2,1H3,(H,15,16,17). The fourth-order valence-corrected chi connectivity index (χ4v) is 1.59. The van der Waals surface area contributed by atoms with E-state index in [1.807, 2.05) is 12.1 Å². The maximum absolute atomic E-state index is 11.6. The van der Waals surface area contributed by atoms with Gasteiger partial charge in [0.25, 0.3) is 0 Å². The van der Waals surface area contributed by atoms with Crippen LogP contribution in [0, 0.1) is 6.92 Å². The molecule has 0 unspecified atom stereocenters. The molecule has 18 heavy (non-hydrogen) atoms. The van der Waals surface area contributed by atoms with E-state index in [4.69, 9.17) is 16.1 Å². The lowest BCUT2D eigenvalue weighted by Gasteiger charge is -2.07. The first-order valence-corrected chi connectivity index (χ1v) is 5.74. The van der Waals surface area contributed by atoms with Crippen LogP contribution >= 0.6 is 11.6 Å². The number of aromatic nitrogens is 1. The number of para-hydroxylation sites is 1. The van der Waals surface area contributed by atoms with E-state index >= 15 is 0 Å². The molecule has 1 heterocycles. The highest BCUT2D eigenvalue weighted by Crippen LogP contribution is 2.19. The molecule has 0 aliphatic rings. The van der Waals surface area contributed by atoms with Crippen molar-refractivity contribution in [2.75, 3.05) is 17.2 Å². The molecule has 0 aliphatic heterocycles. The van der Waals surface area contributed by atoms with E-state index < -0.39 is 0 Å². The lowest BCUT2D eigenvalue weighted by molar-refractivity contribution is -0.114. The van der Waals surface area contributed by atoms with Crippen molar-refractivity contribution in [1.82, 2.24) is 5.16 Å². The Kier molecular flexibility index (Phi) is 3.84. The second-order valence-electron chi connectivity index (χ2n) is 3.70. The number of carbonyl (C=O) groups is 1. The average Bonchev–Trinajstić information content (AvgIpc) is 2.74. The van der Waals surface area contributed by atoms with Crippen LogP contribution < -0.4 is 10.6 Å². The molecule has 1 aromatic heterocycles. The first kappa shape index (κ1) is 12.4. The third kappa shape index (κ3) is 3.24. The molecule has 6 heteroatoms. The van der Waals surface area contributed by atoms with Crippen molar-refractivity contribution < 1.29 is 9.32 Å². The van der Waals surface area contributed by atoms with Crippen molar-refractivity contribution in [3.63, 3.8) is 0 Å². The molecular weight excluding hydrogens is 254 g/mol. The minimum absolute atomic E-state index is 0.107. The molecule has 94 valence electrons. The van der Waals surface area contributed by atoms with Crippen LogP contribution in [0.2, 0.25) is 5.02 Å². The van der Waals surface area contributed by atoms with Crippen molar-refractivity contribution in [3.8, 4) is 0 Å². The second-order valence-corrected chi connectivity index (χ2v) is 4.11. The van der Waals surface area contributed by atoms with Gasteiger partial charge >= 0.3 is 0 Å². The molecule has 0 atom stereocenters. The van der Waals surface area contributed by atoms with Crippen LogP contribution in [0.4, 0.5) is 11.5 Å². The number of benzene rings is 1. The molecule has 0 saturated heterocycles. The van der Waals surface area contributed by atoms with Crippen LogP contribution in [0.3, 0.4) is 0 Å². The summed E-state index contributed by atoms with van der Waals surface area (Å²) in [6, 6.07) is 8.87. The predicted molar refractivity (Wildman–Crippen MR) is 69.8 cm³/mol. The monoisotopic (exact) mass is 265 g/mol. The van der Waals surface area contributed by atoms with Crippen LogP contribution in [0.15, 0.2) is 34.9 Å². The maximum atomic E-state index is 11.6. The fourth-order valence-electron chi connectivity index (χ4n) is 1.39. The summed E-state index contributed by atoms with van der Waals surface area (Å²) in [5, 5.41) is 9.78. The topological polar surface area (TPSA) is 67.2 Å². The number of nitrogens with zero attached hydrogens (tertiary/aromatic N) is 1. The van der Waals surface area contributed by atoms with E-state index in [9.17, 15) is 4.79 Å². The number of halogens is 1. The Hall–Kier alpha value is -2.01. The third-order valence-corrected chi connectivity index (χ3v) is 2.54. The largest absolute Gasteiger partial charge is 0.375 e. The molecule has 0 fully saturated rings. The number of rotatable bonds is 4. The van der Waals surface area contributed by atoms with E-state index in [2.05, 4.69) is 15.8 Å². The zero-order chi connectivity index (χ0) is 13.0. The van der Waals surface area contributed by atoms with Gasteiger partial charge in [0.2, 0.25) is 5.91 Å². The van der Waals surface area contributed by atoms with Crippen LogP contribution in [0.5, 0.6) is 0 Å². The molecule has 0 spiro atoms. The van der Waals surface area contributed by atoms with Gasteiger partial charge in [-0.25, -0.2) is 0 Å². The summed E-state index contributed by atoms with van der Waals surface area (Å²) in [4.78, 5) is 11.6. The van der Waals surface area contributed by atoms with Crippen molar-refractivity contribution in [2.24, 2.45) is 0 Å². The lowest BCUT2D eigenvalue weighted by Crippen LogP contribution is -2.21. The highest BCUT2D eigenvalue weighted by Gasteiger charge is 2.06. The van der Waals surface area contributed by atoms with E-state index in [1.165, 1.54) is 0 Å². The van der Waals surface area contributed by atoms with Gasteiger partial charge in [0, 0.05) is 6.07 Å². The van der Waals surface area contributed by atoms with Gasteiger partial charge in [-0.05, 0) is 19.1 Å². The van der Waals surface area contributed by atoms with Crippen molar-refractivity contribution >= 4 is 29.0 Å². The number of nitrogens with one attached hydrogen (secondary N) is 2. The van der Waals surface area contributed by atoms with Crippen LogP contribution in [-0.4, -0.2) is 17.6 Å². The number of amides is 1. The Morgan fingerprint density at radius 1 is 1.44 bits per heavy atom. The summed E-state index contributed by atoms with van der Waals surface area (Å²) >= 11 is 5.95. The Morgan fingerprint density at radius 3 is 2.89 bits per heavy atom. The van der Waals surface area contributed by atoms with Gasteiger partial charge in [0.05, 0.1) is 17.3 Å². The molecule has 1 amide bonds. The Morgan fingerprint density at radius 2 is 2.22 bits per heavy atom. The number of aryl methyl sites for hydroxylation is 1. The smallest absolute Gasteiger partial charge is 0.244 e. The summed E-state index contributed by atoms with van der Waals surface area (Å²) < 4.78 is 4.84. The molecule has 0 saturated carbocycles. The molecule has 0 radical (unpaired) electrons. The lowest BCUT2D eigenvalue weighted by atomic mass is 10.3. The minimum Gasteiger partial charge on any atom is -0.375 e. The summed E-state index contributed by atoms with van der Waals surface area (Å²) in [6.07, 6.45) is 0.